The fraction of sp³-hybridized carbons (Fsp3) is 0.269. The summed E-state index contributed by atoms with van der Waals surface area (Å²) in [6, 6.07) is 13.1. The molecule has 2 heterocycles. The predicted molar refractivity (Wildman–Crippen MR) is 131 cm³/mol. The number of aliphatic hydroxyl groups is 1. The van der Waals surface area contributed by atoms with Gasteiger partial charge in [-0.15, -0.1) is 0 Å². The minimum Gasteiger partial charge on any atom is -0.490 e. The number of hydrogen-bond donors (Lipinski definition) is 2. The van der Waals surface area contributed by atoms with Crippen LogP contribution in [0.15, 0.2) is 54.9 Å². The zero-order valence-electron chi connectivity index (χ0n) is 19.0. The van der Waals surface area contributed by atoms with Gasteiger partial charge in [-0.05, 0) is 55.7 Å². The molecule has 174 valence electrons. The van der Waals surface area contributed by atoms with Crippen molar-refractivity contribution in [1.82, 2.24) is 20.1 Å². The van der Waals surface area contributed by atoms with Gasteiger partial charge in [0.05, 0.1) is 29.6 Å². The average molecular weight is 477 g/mol. The number of carbonyl (C=O) groups is 1. The molecule has 7 nitrogen and oxygen atoms in total. The second-order valence-corrected chi connectivity index (χ2v) is 9.14. The minimum atomic E-state index is -0.712. The van der Waals surface area contributed by atoms with Crippen LogP contribution in [0, 0.1) is 0 Å². The van der Waals surface area contributed by atoms with Gasteiger partial charge in [-0.1, -0.05) is 23.7 Å². The van der Waals surface area contributed by atoms with Crippen molar-refractivity contribution < 1.29 is 14.6 Å². The van der Waals surface area contributed by atoms with Crippen LogP contribution < -0.4 is 4.74 Å². The summed E-state index contributed by atoms with van der Waals surface area (Å²) in [6.45, 7) is 2.00. The standard InChI is InChI=1S/C26H25ClN4O3/c1-15(32)24-22-13-29-30-25(22)18(12-28-24)14-31(2)26(33)17-6-9-21(16-4-3-5-19(27)10-16)23(11-17)34-20-7-8-20/h3-6,9-13,15,20,32H,7-8,14H2,1-2H3,(H,29,30)/t15-/m1/s1. The van der Waals surface area contributed by atoms with Crippen molar-refractivity contribution in [2.75, 3.05) is 7.05 Å². The number of aromatic nitrogens is 3. The Bertz CT molecular complexity index is 1360. The van der Waals surface area contributed by atoms with Crippen molar-refractivity contribution in [1.29, 1.82) is 0 Å². The number of carbonyl (C=O) groups excluding carboxylic acids is 1. The zero-order valence-corrected chi connectivity index (χ0v) is 19.7. The smallest absolute Gasteiger partial charge is 0.254 e. The Morgan fingerprint density at radius 2 is 2.09 bits per heavy atom. The van der Waals surface area contributed by atoms with E-state index in [1.54, 1.807) is 31.3 Å². The molecular weight excluding hydrogens is 452 g/mol. The largest absolute Gasteiger partial charge is 0.490 e. The lowest BCUT2D eigenvalue weighted by molar-refractivity contribution is 0.0785. The molecule has 8 heteroatoms. The maximum absolute atomic E-state index is 13.3. The van der Waals surface area contributed by atoms with E-state index in [0.717, 1.165) is 40.4 Å². The van der Waals surface area contributed by atoms with Crippen LogP contribution in [0.2, 0.25) is 5.02 Å². The lowest BCUT2D eigenvalue weighted by Crippen LogP contribution is -2.26. The van der Waals surface area contributed by atoms with Crippen LogP contribution >= 0.6 is 11.6 Å². The maximum atomic E-state index is 13.3. The molecule has 5 rings (SSSR count). The van der Waals surface area contributed by atoms with Crippen LogP contribution in [0.3, 0.4) is 0 Å². The number of pyridine rings is 1. The highest BCUT2D eigenvalue weighted by Crippen LogP contribution is 2.37. The molecule has 1 atom stereocenters. The van der Waals surface area contributed by atoms with Crippen LogP contribution in [-0.2, 0) is 6.54 Å². The number of rotatable bonds is 7. The molecule has 1 saturated carbocycles. The number of H-pyrrole nitrogens is 1. The van der Waals surface area contributed by atoms with Crippen molar-refractivity contribution in [3.63, 3.8) is 0 Å². The molecule has 0 radical (unpaired) electrons. The summed E-state index contributed by atoms with van der Waals surface area (Å²) in [6.07, 6.45) is 4.83. The maximum Gasteiger partial charge on any atom is 0.254 e. The van der Waals surface area contributed by atoms with E-state index in [-0.39, 0.29) is 12.0 Å². The number of hydrogen-bond acceptors (Lipinski definition) is 5. The second kappa shape index (κ2) is 9.08. The predicted octanol–water partition coefficient (Wildman–Crippen LogP) is 5.15. The molecule has 2 aromatic heterocycles. The van der Waals surface area contributed by atoms with Gasteiger partial charge in [0.1, 0.15) is 5.75 Å². The summed E-state index contributed by atoms with van der Waals surface area (Å²) in [7, 11) is 1.75. The van der Waals surface area contributed by atoms with E-state index in [4.69, 9.17) is 16.3 Å². The highest BCUT2D eigenvalue weighted by atomic mass is 35.5. The van der Waals surface area contributed by atoms with Crippen molar-refractivity contribution in [2.24, 2.45) is 0 Å². The van der Waals surface area contributed by atoms with Crippen molar-refractivity contribution in [2.45, 2.75) is 38.5 Å². The normalized spacial score (nSPS) is 14.2. The molecule has 0 aliphatic heterocycles. The number of benzene rings is 2. The second-order valence-electron chi connectivity index (χ2n) is 8.70. The summed E-state index contributed by atoms with van der Waals surface area (Å²) in [5.74, 6) is 0.550. The van der Waals surface area contributed by atoms with Gasteiger partial charge in [0.2, 0.25) is 0 Å². The van der Waals surface area contributed by atoms with Crippen LogP contribution in [0.4, 0.5) is 0 Å². The van der Waals surface area contributed by atoms with Crippen LogP contribution in [0.25, 0.3) is 22.0 Å². The van der Waals surface area contributed by atoms with Gasteiger partial charge in [0.25, 0.3) is 5.91 Å². The lowest BCUT2D eigenvalue weighted by Gasteiger charge is -2.20. The van der Waals surface area contributed by atoms with Crippen molar-refractivity contribution in [3.8, 4) is 16.9 Å². The number of aromatic amines is 1. The lowest BCUT2D eigenvalue weighted by atomic mass is 10.0. The number of ether oxygens (including phenoxy) is 1. The molecule has 2 N–H and O–H groups in total. The van der Waals surface area contributed by atoms with Gasteiger partial charge in [-0.3, -0.25) is 14.9 Å². The third-order valence-electron chi connectivity index (χ3n) is 5.93. The summed E-state index contributed by atoms with van der Waals surface area (Å²) < 4.78 is 6.16. The highest BCUT2D eigenvalue weighted by molar-refractivity contribution is 6.30. The van der Waals surface area contributed by atoms with Crippen LogP contribution in [0.1, 0.15) is 47.5 Å². The van der Waals surface area contributed by atoms with Gasteiger partial charge in [-0.2, -0.15) is 5.10 Å². The molecule has 4 aromatic rings. The third kappa shape index (κ3) is 4.49. The number of fused-ring (bicyclic) bond motifs is 1. The van der Waals surface area contributed by atoms with E-state index < -0.39 is 6.10 Å². The molecule has 1 fully saturated rings. The van der Waals surface area contributed by atoms with E-state index >= 15 is 0 Å². The molecular formula is C26H25ClN4O3. The molecule has 1 aliphatic rings. The average Bonchev–Trinajstić information content (AvgIpc) is 3.49. The van der Waals surface area contributed by atoms with Crippen molar-refractivity contribution in [3.05, 3.63) is 76.7 Å². The summed E-state index contributed by atoms with van der Waals surface area (Å²) in [5, 5.41) is 18.4. The zero-order chi connectivity index (χ0) is 23.8. The molecule has 34 heavy (non-hydrogen) atoms. The molecule has 0 spiro atoms. The van der Waals surface area contributed by atoms with Crippen LogP contribution in [0.5, 0.6) is 5.75 Å². The molecule has 2 aromatic carbocycles. The Morgan fingerprint density at radius 1 is 1.26 bits per heavy atom. The minimum absolute atomic E-state index is 0.134. The van der Waals surface area contributed by atoms with E-state index in [1.165, 1.54) is 0 Å². The van der Waals surface area contributed by atoms with E-state index in [2.05, 4.69) is 15.2 Å². The first-order chi connectivity index (χ1) is 16.4. The fourth-order valence-corrected chi connectivity index (χ4v) is 4.21. The van der Waals surface area contributed by atoms with E-state index in [1.807, 2.05) is 42.5 Å². The molecule has 1 aliphatic carbocycles. The Labute approximate surface area is 202 Å². The van der Waals surface area contributed by atoms with Gasteiger partial charge >= 0.3 is 0 Å². The molecule has 0 bridgehead atoms. The Morgan fingerprint density at radius 3 is 2.82 bits per heavy atom. The number of nitrogens with one attached hydrogen (secondary N) is 1. The fourth-order valence-electron chi connectivity index (χ4n) is 4.02. The Kier molecular flexibility index (Phi) is 5.98. The highest BCUT2D eigenvalue weighted by Gasteiger charge is 2.26. The first-order valence-corrected chi connectivity index (χ1v) is 11.6. The SMILES string of the molecule is C[C@@H](O)c1ncc(CN(C)C(=O)c2ccc(-c3cccc(Cl)c3)c(OC3CC3)c2)c2[nH]ncc12. The number of nitrogens with zero attached hydrogens (tertiary/aromatic N) is 3. The quantitative estimate of drug-likeness (QED) is 0.385. The first kappa shape index (κ1) is 22.4. The Hall–Kier alpha value is -3.42. The number of halogens is 1. The van der Waals surface area contributed by atoms with Gasteiger partial charge in [-0.25, -0.2) is 0 Å². The summed E-state index contributed by atoms with van der Waals surface area (Å²) >= 11 is 6.20. The van der Waals surface area contributed by atoms with Gasteiger partial charge in [0.15, 0.2) is 0 Å². The van der Waals surface area contributed by atoms with E-state index in [0.29, 0.717) is 28.6 Å². The summed E-state index contributed by atoms with van der Waals surface area (Å²) in [5.41, 5.74) is 4.53. The third-order valence-corrected chi connectivity index (χ3v) is 6.16. The Balaban J connectivity index is 1.42. The van der Waals surface area contributed by atoms with Crippen LogP contribution in [-0.4, -0.2) is 44.2 Å². The van der Waals surface area contributed by atoms with Gasteiger partial charge < -0.3 is 14.7 Å². The topological polar surface area (TPSA) is 91.3 Å². The number of aliphatic hydroxyl groups excluding tert-OH is 1. The monoisotopic (exact) mass is 476 g/mol. The van der Waals surface area contributed by atoms with Gasteiger partial charge in [0, 0.05) is 46.9 Å². The molecule has 0 unspecified atom stereocenters. The first-order valence-electron chi connectivity index (χ1n) is 11.2. The van der Waals surface area contributed by atoms with E-state index in [9.17, 15) is 9.90 Å². The molecule has 0 saturated heterocycles. The number of amides is 1. The summed E-state index contributed by atoms with van der Waals surface area (Å²) in [4.78, 5) is 19.3. The van der Waals surface area contributed by atoms with Crippen molar-refractivity contribution >= 4 is 28.4 Å². The molecule has 1 amide bonds.